The first-order chi connectivity index (χ1) is 35.4. The molecule has 0 radical (unpaired) electrons. The number of allylic oxidation sites excluding steroid dienone is 2. The third kappa shape index (κ3) is 10.4. The van der Waals surface area contributed by atoms with Gasteiger partial charge < -0.3 is 64.4 Å². The number of hydrazone groups is 1. The molecule has 1 saturated heterocycles. The number of piperazine rings is 1. The van der Waals surface area contributed by atoms with Gasteiger partial charge in [0, 0.05) is 92.4 Å². The minimum atomic E-state index is -2.13. The third-order valence-electron chi connectivity index (χ3n) is 14.8. The normalized spacial score (nSPS) is 27.5. The summed E-state index contributed by atoms with van der Waals surface area (Å²) in [6.45, 7) is 18.9. The molecule has 402 valence electrons. The van der Waals surface area contributed by atoms with Crippen LogP contribution < -0.4 is 20.4 Å². The van der Waals surface area contributed by atoms with Crippen molar-refractivity contribution in [2.24, 2.45) is 28.8 Å². The monoisotopic (exact) mass is 1040 g/mol. The van der Waals surface area contributed by atoms with E-state index in [4.69, 9.17) is 18.9 Å². The fourth-order valence-electron chi connectivity index (χ4n) is 10.2. The van der Waals surface area contributed by atoms with Crippen molar-refractivity contribution in [3.63, 3.8) is 0 Å². The molecule has 3 aromatic carbocycles. The second-order valence-electron chi connectivity index (χ2n) is 19.7. The number of anilines is 2. The van der Waals surface area contributed by atoms with Crippen LogP contribution in [0.2, 0.25) is 0 Å². The Labute approximate surface area is 433 Å². The Morgan fingerprint density at radius 2 is 1.65 bits per heavy atom. The van der Waals surface area contributed by atoms with Crippen LogP contribution in [0.3, 0.4) is 0 Å². The number of aromatic hydroxyl groups is 3. The molecule has 4 aliphatic rings. The topological polar surface area (TPSA) is 262 Å². The Hall–Kier alpha value is -7.42. The molecule has 4 aromatic rings. The molecule has 1 fully saturated rings. The summed E-state index contributed by atoms with van der Waals surface area (Å²) >= 11 is 0. The summed E-state index contributed by atoms with van der Waals surface area (Å²) in [7, 11) is 1.41. The molecule has 1 aromatic heterocycles. The molecule has 0 saturated carbocycles. The van der Waals surface area contributed by atoms with Crippen molar-refractivity contribution in [3.05, 3.63) is 99.3 Å². The Morgan fingerprint density at radius 3 is 2.28 bits per heavy atom. The number of aliphatic hydroxyl groups is 3. The number of fused-ring (bicyclic) bond motifs is 15. The van der Waals surface area contributed by atoms with Crippen LogP contribution >= 0.6 is 0 Å². The van der Waals surface area contributed by atoms with Crippen molar-refractivity contribution >= 4 is 62.7 Å². The van der Waals surface area contributed by atoms with Gasteiger partial charge in [-0.25, -0.2) is 4.39 Å². The minimum Gasteiger partial charge on any atom is -0.508 e. The van der Waals surface area contributed by atoms with E-state index >= 15 is 4.39 Å². The summed E-state index contributed by atoms with van der Waals surface area (Å²) in [5.41, 5.74) is -0.705. The van der Waals surface area contributed by atoms with Gasteiger partial charge in [0.15, 0.2) is 11.2 Å². The standard InChI is InChI=1S/C55H66FN5O14/c1-12-59-25-36(32(8)62)48(67)34-22-37(56)39(23-38(34)59)60-17-19-61(20-18-60)57-24-35-44-50(69)42-41(49(35)68)43-52(31(7)47(42)66)75-55(10,53(43)70)73-21-16-40(72-11)28(4)51(74-33(9)63)30(6)46(65)29(5)45(64)26(2)14-13-15-27(3)54(71)58-44/h13-16,21-26,28-30,40,45-46,51,62,64-66,68-69H,8,12,17-20H2,1-7,9-11H3,(H,58,71)/b14-13+,21-16+,27-15-,57-24+/t26-,28+,29+,30+,40-,45-,46+,51+,55-/m0/s1. The number of nitrogens with zero attached hydrogens (tertiary/aromatic N) is 4. The van der Waals surface area contributed by atoms with Crippen molar-refractivity contribution in [1.29, 1.82) is 0 Å². The van der Waals surface area contributed by atoms with Gasteiger partial charge in [0.2, 0.25) is 0 Å². The number of carbonyl (C=O) groups is 3. The minimum absolute atomic E-state index is 0.00695. The first-order valence-corrected chi connectivity index (χ1v) is 24.7. The number of Topliss-reactive ketones (excluding diaryl/α,β-unsaturated/α-hetero) is 1. The van der Waals surface area contributed by atoms with Gasteiger partial charge in [-0.2, -0.15) is 5.10 Å². The lowest BCUT2D eigenvalue weighted by molar-refractivity contribution is -0.160. The molecule has 0 aliphatic carbocycles. The number of ketones is 1. The van der Waals surface area contributed by atoms with Crippen LogP contribution in [0.4, 0.5) is 15.8 Å². The lowest BCUT2D eigenvalue weighted by Crippen LogP contribution is -2.46. The molecule has 75 heavy (non-hydrogen) atoms. The van der Waals surface area contributed by atoms with Crippen molar-refractivity contribution in [2.75, 3.05) is 43.5 Å². The number of methoxy groups -OCH3 is 1. The molecule has 9 atom stereocenters. The average molecular weight is 1040 g/mol. The number of pyridine rings is 1. The smallest absolute Gasteiger partial charge is 0.312 e. The number of aryl methyl sites for hydroxylation is 1. The molecule has 20 heteroatoms. The molecule has 7 N–H and O–H groups in total. The van der Waals surface area contributed by atoms with E-state index in [0.717, 1.165) is 6.07 Å². The largest absolute Gasteiger partial charge is 0.508 e. The Morgan fingerprint density at radius 1 is 0.973 bits per heavy atom. The quantitative estimate of drug-likeness (QED) is 0.0326. The predicted molar refractivity (Wildman–Crippen MR) is 281 cm³/mol. The van der Waals surface area contributed by atoms with Gasteiger partial charge >= 0.3 is 11.8 Å². The predicted octanol–water partition coefficient (Wildman–Crippen LogP) is 6.91. The number of hydrogen-bond donors (Lipinski definition) is 7. The first-order valence-electron chi connectivity index (χ1n) is 24.7. The van der Waals surface area contributed by atoms with E-state index in [2.05, 4.69) is 17.0 Å². The number of rotatable bonds is 7. The van der Waals surface area contributed by atoms with Gasteiger partial charge in [-0.15, -0.1) is 0 Å². The zero-order chi connectivity index (χ0) is 55.1. The average Bonchev–Trinajstić information content (AvgIpc) is 3.64. The van der Waals surface area contributed by atoms with Crippen molar-refractivity contribution in [3.8, 4) is 23.0 Å². The van der Waals surface area contributed by atoms with E-state index in [0.29, 0.717) is 12.1 Å². The summed E-state index contributed by atoms with van der Waals surface area (Å²) in [5, 5.41) is 77.6. The third-order valence-corrected chi connectivity index (χ3v) is 14.8. The number of phenols is 3. The summed E-state index contributed by atoms with van der Waals surface area (Å²) in [4.78, 5) is 56.1. The van der Waals surface area contributed by atoms with E-state index < -0.39 is 106 Å². The van der Waals surface area contributed by atoms with Gasteiger partial charge in [-0.1, -0.05) is 52.5 Å². The number of amides is 1. The molecule has 5 bridgehead atoms. The fraction of sp³-hybridized carbons (Fsp3) is 0.436. The SMILES string of the molecule is C=C(O)c1cn(CC)c2cc(N3CCN(/N=C/c4c5c(O)c6c(O)c(C)c7c(c6c4O)C(=O)[C@@](C)(O/C=C/[C@H](OC)[C@@H](C)[C@@H](OC(C)=O)[C@H](C)[C@H](O)[C@H](C)[C@@H](O)[C@@H](C)/C=C/C=C(/C)C(=O)N5)O7)CC3)c(F)cc2c1=O. The highest BCUT2D eigenvalue weighted by molar-refractivity contribution is 6.24. The molecular weight excluding hydrogens is 974 g/mol. The van der Waals surface area contributed by atoms with Gasteiger partial charge in [-0.3, -0.25) is 24.2 Å². The summed E-state index contributed by atoms with van der Waals surface area (Å²) in [5.74, 6) is -10.2. The van der Waals surface area contributed by atoms with Crippen LogP contribution in [-0.2, 0) is 30.3 Å². The number of aliphatic hydroxyl groups excluding tert-OH is 3. The van der Waals surface area contributed by atoms with Gasteiger partial charge in [-0.05, 0) is 39.0 Å². The Kier molecular flexibility index (Phi) is 16.1. The Bertz CT molecular complexity index is 3140. The van der Waals surface area contributed by atoms with E-state index in [9.17, 15) is 49.8 Å². The second kappa shape index (κ2) is 21.8. The molecule has 1 amide bonds. The van der Waals surface area contributed by atoms with Crippen molar-refractivity contribution < 1.29 is 68.4 Å². The maximum Gasteiger partial charge on any atom is 0.312 e. The Balaban J connectivity index is 1.30. The molecular formula is C55H66FN5O14. The van der Waals surface area contributed by atoms with Gasteiger partial charge in [0.05, 0.1) is 82.8 Å². The highest BCUT2D eigenvalue weighted by atomic mass is 19.1. The van der Waals surface area contributed by atoms with Crippen LogP contribution in [0, 0.1) is 36.4 Å². The van der Waals surface area contributed by atoms with Crippen LogP contribution in [0.15, 0.2) is 70.9 Å². The van der Waals surface area contributed by atoms with E-state index in [1.54, 1.807) is 60.4 Å². The number of ether oxygens (including phenoxy) is 4. The number of hydrogen-bond acceptors (Lipinski definition) is 17. The fourth-order valence-corrected chi connectivity index (χ4v) is 10.2. The highest BCUT2D eigenvalue weighted by Crippen LogP contribution is 2.55. The molecule has 19 nitrogen and oxygen atoms in total. The second-order valence-corrected chi connectivity index (χ2v) is 19.7. The number of aromatic nitrogens is 1. The van der Waals surface area contributed by atoms with Crippen molar-refractivity contribution in [1.82, 2.24) is 9.58 Å². The molecule has 8 rings (SSSR count). The summed E-state index contributed by atoms with van der Waals surface area (Å²) in [6.07, 6.45) is 5.85. The lowest BCUT2D eigenvalue weighted by atomic mass is 9.78. The maximum absolute atomic E-state index is 15.8. The van der Waals surface area contributed by atoms with E-state index in [1.165, 1.54) is 65.6 Å². The van der Waals surface area contributed by atoms with Crippen LogP contribution in [-0.4, -0.2) is 128 Å². The molecule has 4 aliphatic heterocycles. The summed E-state index contributed by atoms with van der Waals surface area (Å²) in [6, 6.07) is 2.73. The summed E-state index contributed by atoms with van der Waals surface area (Å²) < 4.78 is 41.3. The first kappa shape index (κ1) is 55.3. The molecule has 0 spiro atoms. The highest BCUT2D eigenvalue weighted by Gasteiger charge is 2.50. The molecule has 0 unspecified atom stereocenters. The number of halogens is 1. The number of benzene rings is 3. The van der Waals surface area contributed by atoms with Gasteiger partial charge in [0.1, 0.15) is 34.9 Å². The zero-order valence-corrected chi connectivity index (χ0v) is 43.7. The van der Waals surface area contributed by atoms with Gasteiger partial charge in [0.25, 0.3) is 11.7 Å². The van der Waals surface area contributed by atoms with Crippen molar-refractivity contribution in [2.45, 2.75) is 99.1 Å². The maximum atomic E-state index is 15.8. The van der Waals surface area contributed by atoms with Crippen LogP contribution in [0.1, 0.15) is 82.4 Å². The number of carbonyl (C=O) groups excluding carboxylic acids is 3. The van der Waals surface area contributed by atoms with E-state index in [1.807, 2.05) is 6.92 Å². The van der Waals surface area contributed by atoms with E-state index in [-0.39, 0.29) is 87.3 Å². The number of nitrogens with one attached hydrogen (secondary N) is 1. The van der Waals surface area contributed by atoms with Crippen LogP contribution in [0.25, 0.3) is 27.4 Å². The molecule has 5 heterocycles. The number of esters is 1. The lowest BCUT2D eigenvalue weighted by Gasteiger charge is -2.38. The van der Waals surface area contributed by atoms with Crippen LogP contribution in [0.5, 0.6) is 23.0 Å². The number of phenolic OH excluding ortho intramolecular Hbond substituents is 3. The zero-order valence-electron chi connectivity index (χ0n) is 43.7.